The first-order valence-corrected chi connectivity index (χ1v) is 3.97. The molecular formula is C6H5N4S. The third-order valence-corrected chi connectivity index (χ3v) is 1.79. The summed E-state index contributed by atoms with van der Waals surface area (Å²) in [6.45, 7) is 0. The molecular weight excluding hydrogens is 160 g/mol. The summed E-state index contributed by atoms with van der Waals surface area (Å²) >= 11 is 1.34. The van der Waals surface area contributed by atoms with Crippen molar-refractivity contribution < 1.29 is 0 Å². The van der Waals surface area contributed by atoms with Crippen LogP contribution in [0.1, 0.15) is 0 Å². The van der Waals surface area contributed by atoms with Gasteiger partial charge in [0.2, 0.25) is 0 Å². The standard InChI is InChI=1S/C6H5N4S/c1-11-5-2-3-10-6(9-5)7-4-8-10/h2-4H,1H2. The molecule has 0 aliphatic heterocycles. The molecule has 2 heterocycles. The summed E-state index contributed by atoms with van der Waals surface area (Å²) in [5.41, 5.74) is 0. The summed E-state index contributed by atoms with van der Waals surface area (Å²) in [6, 6.07) is 1.85. The van der Waals surface area contributed by atoms with Gasteiger partial charge in [-0.3, -0.25) is 0 Å². The van der Waals surface area contributed by atoms with E-state index in [0.717, 1.165) is 5.03 Å². The number of hydrogen-bond acceptors (Lipinski definition) is 4. The van der Waals surface area contributed by atoms with Crippen LogP contribution in [0.2, 0.25) is 0 Å². The molecule has 0 unspecified atom stereocenters. The zero-order chi connectivity index (χ0) is 7.68. The third kappa shape index (κ3) is 1.07. The van der Waals surface area contributed by atoms with Crippen LogP contribution in [0.15, 0.2) is 23.6 Å². The molecule has 0 N–H and O–H groups in total. The van der Waals surface area contributed by atoms with Gasteiger partial charge in [-0.1, -0.05) is 0 Å². The summed E-state index contributed by atoms with van der Waals surface area (Å²) in [7, 11) is 0. The second-order valence-corrected chi connectivity index (χ2v) is 2.62. The molecule has 2 aromatic heterocycles. The Kier molecular flexibility index (Phi) is 1.50. The number of thioether (sulfide) groups is 1. The normalized spacial score (nSPS) is 10.6. The highest BCUT2D eigenvalue weighted by Gasteiger charge is 1.96. The molecule has 4 nitrogen and oxygen atoms in total. The first-order chi connectivity index (χ1) is 5.40. The summed E-state index contributed by atoms with van der Waals surface area (Å²) in [5, 5.41) is 4.76. The maximum atomic E-state index is 4.14. The lowest BCUT2D eigenvalue weighted by Crippen LogP contribution is -1.89. The lowest BCUT2D eigenvalue weighted by atomic mass is 10.7. The van der Waals surface area contributed by atoms with E-state index in [1.807, 2.05) is 12.3 Å². The monoisotopic (exact) mass is 165 g/mol. The van der Waals surface area contributed by atoms with Crippen molar-refractivity contribution in [3.8, 4) is 0 Å². The number of rotatable bonds is 1. The maximum absolute atomic E-state index is 4.14. The minimum atomic E-state index is 0.610. The van der Waals surface area contributed by atoms with Crippen LogP contribution in [0.3, 0.4) is 0 Å². The summed E-state index contributed by atoms with van der Waals surface area (Å²) in [4.78, 5) is 8.07. The van der Waals surface area contributed by atoms with E-state index in [1.165, 1.54) is 18.1 Å². The largest absolute Gasteiger partial charge is 0.253 e. The molecule has 0 amide bonds. The lowest BCUT2D eigenvalue weighted by Gasteiger charge is -1.93. The van der Waals surface area contributed by atoms with Gasteiger partial charge in [0.25, 0.3) is 5.78 Å². The lowest BCUT2D eigenvalue weighted by molar-refractivity contribution is 0.914. The smallest absolute Gasteiger partial charge is 0.205 e. The zero-order valence-corrected chi connectivity index (χ0v) is 6.45. The van der Waals surface area contributed by atoms with Gasteiger partial charge in [0.05, 0.1) is 0 Å². The SMILES string of the molecule is [CH2]Sc1ccn2ncnc2n1. The number of hydrogen-bond donors (Lipinski definition) is 0. The third-order valence-electron chi connectivity index (χ3n) is 1.27. The molecule has 0 saturated carbocycles. The molecule has 0 fully saturated rings. The van der Waals surface area contributed by atoms with E-state index in [0.29, 0.717) is 5.78 Å². The van der Waals surface area contributed by atoms with Crippen molar-refractivity contribution in [1.29, 1.82) is 0 Å². The highest BCUT2D eigenvalue weighted by atomic mass is 32.2. The number of nitrogens with zero attached hydrogens (tertiary/aromatic N) is 4. The van der Waals surface area contributed by atoms with Crippen LogP contribution in [-0.4, -0.2) is 19.6 Å². The molecule has 0 aliphatic rings. The Morgan fingerprint density at radius 1 is 1.55 bits per heavy atom. The topological polar surface area (TPSA) is 43.1 Å². The minimum Gasteiger partial charge on any atom is -0.205 e. The van der Waals surface area contributed by atoms with Crippen molar-refractivity contribution in [2.24, 2.45) is 0 Å². The van der Waals surface area contributed by atoms with Gasteiger partial charge in [-0.05, 0) is 6.07 Å². The van der Waals surface area contributed by atoms with Gasteiger partial charge in [0, 0.05) is 12.5 Å². The molecule has 1 radical (unpaired) electrons. The van der Waals surface area contributed by atoms with Crippen LogP contribution in [0.25, 0.3) is 5.78 Å². The predicted molar refractivity (Wildman–Crippen MR) is 42.0 cm³/mol. The Balaban J connectivity index is 2.67. The van der Waals surface area contributed by atoms with Crippen LogP contribution in [0.5, 0.6) is 0 Å². The molecule has 2 aromatic rings. The van der Waals surface area contributed by atoms with Gasteiger partial charge in [-0.2, -0.15) is 10.1 Å². The van der Waals surface area contributed by atoms with E-state index in [1.54, 1.807) is 4.52 Å². The Morgan fingerprint density at radius 2 is 2.45 bits per heavy atom. The van der Waals surface area contributed by atoms with Gasteiger partial charge in [0.1, 0.15) is 11.4 Å². The quantitative estimate of drug-likeness (QED) is 0.467. The van der Waals surface area contributed by atoms with Gasteiger partial charge in [-0.25, -0.2) is 9.50 Å². The van der Waals surface area contributed by atoms with E-state index >= 15 is 0 Å². The Labute approximate surface area is 67.7 Å². The van der Waals surface area contributed by atoms with Crippen molar-refractivity contribution >= 4 is 17.5 Å². The van der Waals surface area contributed by atoms with Crippen molar-refractivity contribution in [3.63, 3.8) is 0 Å². The van der Waals surface area contributed by atoms with Crippen LogP contribution in [-0.2, 0) is 0 Å². The summed E-state index contributed by atoms with van der Waals surface area (Å²) < 4.78 is 1.61. The molecule has 0 aromatic carbocycles. The van der Waals surface area contributed by atoms with Crippen LogP contribution in [0.4, 0.5) is 0 Å². The van der Waals surface area contributed by atoms with Gasteiger partial charge < -0.3 is 0 Å². The summed E-state index contributed by atoms with van der Waals surface area (Å²) in [6.07, 6.45) is 6.92. The van der Waals surface area contributed by atoms with E-state index in [4.69, 9.17) is 0 Å². The molecule has 11 heavy (non-hydrogen) atoms. The highest BCUT2D eigenvalue weighted by Crippen LogP contribution is 2.11. The van der Waals surface area contributed by atoms with E-state index in [2.05, 4.69) is 21.3 Å². The minimum absolute atomic E-state index is 0.610. The average Bonchev–Trinajstić information content (AvgIpc) is 2.50. The molecule has 0 saturated heterocycles. The summed E-state index contributed by atoms with van der Waals surface area (Å²) in [5.74, 6) is 0.610. The average molecular weight is 165 g/mol. The van der Waals surface area contributed by atoms with Gasteiger partial charge >= 0.3 is 0 Å². The fourth-order valence-electron chi connectivity index (χ4n) is 0.780. The first kappa shape index (κ1) is 6.60. The molecule has 0 bridgehead atoms. The van der Waals surface area contributed by atoms with Crippen molar-refractivity contribution in [2.45, 2.75) is 5.03 Å². The Bertz CT molecular complexity index is 369. The fraction of sp³-hybridized carbons (Fsp3) is 0. The predicted octanol–water partition coefficient (Wildman–Crippen LogP) is 1.01. The van der Waals surface area contributed by atoms with E-state index < -0.39 is 0 Å². The molecule has 0 atom stereocenters. The molecule has 0 spiro atoms. The molecule has 2 rings (SSSR count). The second kappa shape index (κ2) is 2.50. The van der Waals surface area contributed by atoms with Crippen LogP contribution in [0, 0.1) is 6.26 Å². The van der Waals surface area contributed by atoms with Crippen molar-refractivity contribution in [2.75, 3.05) is 0 Å². The zero-order valence-electron chi connectivity index (χ0n) is 5.64. The maximum Gasteiger partial charge on any atom is 0.253 e. The molecule has 55 valence electrons. The van der Waals surface area contributed by atoms with Crippen molar-refractivity contribution in [1.82, 2.24) is 19.6 Å². The van der Waals surface area contributed by atoms with Crippen LogP contribution >= 0.6 is 11.8 Å². The van der Waals surface area contributed by atoms with Gasteiger partial charge in [0.15, 0.2) is 0 Å². The number of fused-ring (bicyclic) bond motifs is 1. The van der Waals surface area contributed by atoms with Crippen molar-refractivity contribution in [3.05, 3.63) is 24.8 Å². The van der Waals surface area contributed by atoms with Crippen LogP contribution < -0.4 is 0 Å². The molecule has 0 aliphatic carbocycles. The fourth-order valence-corrected chi connectivity index (χ4v) is 1.08. The highest BCUT2D eigenvalue weighted by molar-refractivity contribution is 8.00. The Hall–Kier alpha value is -1.10. The second-order valence-electron chi connectivity index (χ2n) is 1.91. The Morgan fingerprint density at radius 3 is 3.27 bits per heavy atom. The van der Waals surface area contributed by atoms with E-state index in [9.17, 15) is 0 Å². The van der Waals surface area contributed by atoms with Gasteiger partial charge in [-0.15, -0.1) is 11.8 Å². The first-order valence-electron chi connectivity index (χ1n) is 2.98. The number of aromatic nitrogens is 4. The van der Waals surface area contributed by atoms with E-state index in [-0.39, 0.29) is 0 Å². The molecule has 5 heteroatoms.